The van der Waals surface area contributed by atoms with Gasteiger partial charge in [-0.1, -0.05) is 6.08 Å². The summed E-state index contributed by atoms with van der Waals surface area (Å²) < 4.78 is 44.7. The van der Waals surface area contributed by atoms with Crippen LogP contribution in [-0.2, 0) is 0 Å². The van der Waals surface area contributed by atoms with Gasteiger partial charge in [-0.3, -0.25) is 4.79 Å². The summed E-state index contributed by atoms with van der Waals surface area (Å²) in [7, 11) is 2.63. The first-order valence-corrected chi connectivity index (χ1v) is 6.94. The van der Waals surface area contributed by atoms with Crippen LogP contribution in [-0.4, -0.2) is 26.6 Å². The lowest BCUT2D eigenvalue weighted by molar-refractivity contribution is -0.0526. The number of halogens is 2. The molecule has 0 saturated heterocycles. The standard InChI is InChI=1S/C17H16F2O5/c1-10-4-7-13(23-10)12(20)6-5-11-8-14(21-2)16(24-17(18)19)15(9-11)22-3/h4-9,17H,1-3H3/b6-5+. The molecule has 0 aliphatic rings. The van der Waals surface area contributed by atoms with Gasteiger partial charge in [0.25, 0.3) is 0 Å². The van der Waals surface area contributed by atoms with Crippen molar-refractivity contribution in [2.24, 2.45) is 0 Å². The van der Waals surface area contributed by atoms with Crippen molar-refractivity contribution in [3.8, 4) is 17.2 Å². The monoisotopic (exact) mass is 338 g/mol. The molecule has 0 N–H and O–H groups in total. The summed E-state index contributed by atoms with van der Waals surface area (Å²) in [5.41, 5.74) is 0.516. The Bertz CT molecular complexity index is 724. The van der Waals surface area contributed by atoms with Gasteiger partial charge in [0, 0.05) is 0 Å². The number of benzene rings is 1. The number of methoxy groups -OCH3 is 2. The van der Waals surface area contributed by atoms with Crippen LogP contribution in [0.1, 0.15) is 21.9 Å². The normalized spacial score (nSPS) is 11.1. The summed E-state index contributed by atoms with van der Waals surface area (Å²) in [5.74, 6) is 0.434. The number of rotatable bonds is 7. The number of hydrogen-bond donors (Lipinski definition) is 0. The van der Waals surface area contributed by atoms with Crippen LogP contribution in [0.5, 0.6) is 17.2 Å². The number of carbonyl (C=O) groups is 1. The summed E-state index contributed by atoms with van der Waals surface area (Å²) in [5, 5.41) is 0. The van der Waals surface area contributed by atoms with E-state index in [1.54, 1.807) is 19.1 Å². The van der Waals surface area contributed by atoms with Crippen molar-refractivity contribution in [2.45, 2.75) is 13.5 Å². The molecular formula is C17H16F2O5. The van der Waals surface area contributed by atoms with E-state index in [2.05, 4.69) is 4.74 Å². The first-order chi connectivity index (χ1) is 11.4. The number of furan rings is 1. The van der Waals surface area contributed by atoms with Crippen molar-refractivity contribution >= 4 is 11.9 Å². The third-order valence-corrected chi connectivity index (χ3v) is 3.10. The summed E-state index contributed by atoms with van der Waals surface area (Å²) in [4.78, 5) is 12.0. The van der Waals surface area contributed by atoms with Crippen molar-refractivity contribution in [3.05, 3.63) is 47.4 Å². The molecule has 7 heteroatoms. The van der Waals surface area contributed by atoms with Crippen LogP contribution in [0.4, 0.5) is 8.78 Å². The molecule has 0 fully saturated rings. The number of ether oxygens (including phenoxy) is 3. The summed E-state index contributed by atoms with van der Waals surface area (Å²) in [6.07, 6.45) is 2.80. The number of carbonyl (C=O) groups excluding carboxylic acids is 1. The van der Waals surface area contributed by atoms with Crippen molar-refractivity contribution in [1.82, 2.24) is 0 Å². The molecule has 1 aromatic carbocycles. The molecule has 0 bridgehead atoms. The van der Waals surface area contributed by atoms with Gasteiger partial charge in [-0.25, -0.2) is 0 Å². The molecule has 5 nitrogen and oxygen atoms in total. The Hall–Kier alpha value is -2.83. The maximum absolute atomic E-state index is 12.5. The largest absolute Gasteiger partial charge is 0.493 e. The fourth-order valence-electron chi connectivity index (χ4n) is 2.02. The molecule has 1 heterocycles. The zero-order valence-corrected chi connectivity index (χ0v) is 13.3. The van der Waals surface area contributed by atoms with Crippen molar-refractivity contribution in [2.75, 3.05) is 14.2 Å². The van der Waals surface area contributed by atoms with Crippen molar-refractivity contribution in [3.63, 3.8) is 0 Å². The van der Waals surface area contributed by atoms with Gasteiger partial charge >= 0.3 is 6.61 Å². The topological polar surface area (TPSA) is 57.9 Å². The first-order valence-electron chi connectivity index (χ1n) is 6.94. The Kier molecular flexibility index (Phi) is 5.57. The predicted octanol–water partition coefficient (Wildman–Crippen LogP) is 4.10. The van der Waals surface area contributed by atoms with Gasteiger partial charge in [-0.2, -0.15) is 8.78 Å². The smallest absolute Gasteiger partial charge is 0.387 e. The Morgan fingerprint density at radius 1 is 1.17 bits per heavy atom. The van der Waals surface area contributed by atoms with E-state index in [4.69, 9.17) is 13.9 Å². The summed E-state index contributed by atoms with van der Waals surface area (Å²) in [6.45, 7) is -1.28. The number of aryl methyl sites for hydroxylation is 1. The molecule has 2 rings (SSSR count). The Balaban J connectivity index is 2.30. The molecule has 0 atom stereocenters. The minimum Gasteiger partial charge on any atom is -0.493 e. The average molecular weight is 338 g/mol. The third-order valence-electron chi connectivity index (χ3n) is 3.10. The van der Waals surface area contributed by atoms with Crippen molar-refractivity contribution < 1.29 is 32.2 Å². The quantitative estimate of drug-likeness (QED) is 0.562. The van der Waals surface area contributed by atoms with E-state index < -0.39 is 6.61 Å². The second-order valence-electron chi connectivity index (χ2n) is 4.74. The second kappa shape index (κ2) is 7.63. The van der Waals surface area contributed by atoms with Crippen LogP contribution < -0.4 is 14.2 Å². The van der Waals surface area contributed by atoms with E-state index >= 15 is 0 Å². The average Bonchev–Trinajstić information content (AvgIpc) is 2.99. The lowest BCUT2D eigenvalue weighted by Gasteiger charge is -2.14. The maximum Gasteiger partial charge on any atom is 0.387 e. The van der Waals surface area contributed by atoms with E-state index in [9.17, 15) is 13.6 Å². The number of alkyl halides is 2. The number of ketones is 1. The molecule has 24 heavy (non-hydrogen) atoms. The van der Waals surface area contributed by atoms with Gasteiger partial charge in [-0.05, 0) is 42.8 Å². The van der Waals surface area contributed by atoms with E-state index in [-0.39, 0.29) is 28.8 Å². The van der Waals surface area contributed by atoms with Gasteiger partial charge in [0.1, 0.15) is 5.76 Å². The van der Waals surface area contributed by atoms with Crippen LogP contribution in [0.2, 0.25) is 0 Å². The van der Waals surface area contributed by atoms with Gasteiger partial charge in [0.2, 0.25) is 11.5 Å². The molecule has 0 aliphatic heterocycles. The number of hydrogen-bond acceptors (Lipinski definition) is 5. The highest BCUT2D eigenvalue weighted by Gasteiger charge is 2.17. The van der Waals surface area contributed by atoms with Crippen LogP contribution in [0.3, 0.4) is 0 Å². The molecule has 0 radical (unpaired) electrons. The van der Waals surface area contributed by atoms with E-state index in [0.717, 1.165) is 0 Å². The minimum atomic E-state index is -3.02. The summed E-state index contributed by atoms with van der Waals surface area (Å²) in [6, 6.07) is 6.17. The Morgan fingerprint density at radius 2 is 1.79 bits per heavy atom. The maximum atomic E-state index is 12.5. The Morgan fingerprint density at radius 3 is 2.25 bits per heavy atom. The molecule has 0 spiro atoms. The molecule has 0 unspecified atom stereocenters. The fraction of sp³-hybridized carbons (Fsp3) is 0.235. The van der Waals surface area contributed by atoms with E-state index in [0.29, 0.717) is 11.3 Å². The summed E-state index contributed by atoms with van der Waals surface area (Å²) >= 11 is 0. The zero-order valence-electron chi connectivity index (χ0n) is 13.3. The predicted molar refractivity (Wildman–Crippen MR) is 83.0 cm³/mol. The van der Waals surface area contributed by atoms with Crippen LogP contribution in [0, 0.1) is 6.92 Å². The minimum absolute atomic E-state index is 0.0654. The van der Waals surface area contributed by atoms with Crippen LogP contribution >= 0.6 is 0 Å². The second-order valence-corrected chi connectivity index (χ2v) is 4.74. The molecule has 0 aliphatic carbocycles. The molecule has 0 amide bonds. The zero-order chi connectivity index (χ0) is 17.7. The van der Waals surface area contributed by atoms with E-state index in [1.807, 2.05) is 0 Å². The van der Waals surface area contributed by atoms with Crippen LogP contribution in [0.25, 0.3) is 6.08 Å². The molecule has 1 aromatic heterocycles. The highest BCUT2D eigenvalue weighted by molar-refractivity contribution is 6.04. The number of allylic oxidation sites excluding steroid dienone is 1. The molecule has 0 saturated carbocycles. The highest BCUT2D eigenvalue weighted by Crippen LogP contribution is 2.39. The lowest BCUT2D eigenvalue weighted by atomic mass is 10.1. The highest BCUT2D eigenvalue weighted by atomic mass is 19.3. The Labute approximate surface area is 137 Å². The van der Waals surface area contributed by atoms with Gasteiger partial charge in [-0.15, -0.1) is 0 Å². The van der Waals surface area contributed by atoms with E-state index in [1.165, 1.54) is 38.5 Å². The fourth-order valence-corrected chi connectivity index (χ4v) is 2.02. The molecule has 2 aromatic rings. The molecule has 128 valence electrons. The van der Waals surface area contributed by atoms with Gasteiger partial charge < -0.3 is 18.6 Å². The van der Waals surface area contributed by atoms with Crippen LogP contribution in [0.15, 0.2) is 34.8 Å². The first kappa shape index (κ1) is 17.5. The van der Waals surface area contributed by atoms with Crippen molar-refractivity contribution in [1.29, 1.82) is 0 Å². The van der Waals surface area contributed by atoms with Gasteiger partial charge in [0.05, 0.1) is 14.2 Å². The molecular weight excluding hydrogens is 322 g/mol. The SMILES string of the molecule is COc1cc(/C=C/C(=O)c2ccc(C)o2)cc(OC)c1OC(F)F. The third kappa shape index (κ3) is 4.13. The van der Waals surface area contributed by atoms with Gasteiger partial charge in [0.15, 0.2) is 17.3 Å². The lowest BCUT2D eigenvalue weighted by Crippen LogP contribution is -2.05.